The van der Waals surface area contributed by atoms with E-state index in [4.69, 9.17) is 5.73 Å². The van der Waals surface area contributed by atoms with E-state index < -0.39 is 0 Å². The van der Waals surface area contributed by atoms with Gasteiger partial charge in [-0.2, -0.15) is 0 Å². The Morgan fingerprint density at radius 3 is 1.89 bits per heavy atom. The van der Waals surface area contributed by atoms with Gasteiger partial charge >= 0.3 is 0 Å². The minimum absolute atomic E-state index is 0. The minimum Gasteiger partial charge on any atom is -0.327 e. The van der Waals surface area contributed by atoms with E-state index in [2.05, 4.69) is 55.5 Å². The summed E-state index contributed by atoms with van der Waals surface area (Å²) in [6, 6.07) is 21.2. The Kier molecular flexibility index (Phi) is 5.90. The van der Waals surface area contributed by atoms with Crippen molar-refractivity contribution in [1.29, 1.82) is 0 Å². The molecule has 0 aromatic heterocycles. The fraction of sp³-hybridized carbons (Fsp3) is 0.250. The third-order valence-corrected chi connectivity index (χ3v) is 3.16. The lowest BCUT2D eigenvalue weighted by atomic mass is 9.87. The van der Waals surface area contributed by atoms with Crippen molar-refractivity contribution in [2.24, 2.45) is 5.73 Å². The summed E-state index contributed by atoms with van der Waals surface area (Å²) in [7, 11) is 0. The van der Waals surface area contributed by atoms with Crippen LogP contribution in [0.25, 0.3) is 0 Å². The largest absolute Gasteiger partial charge is 0.327 e. The highest BCUT2D eigenvalue weighted by Gasteiger charge is 2.16. The Labute approximate surface area is 115 Å². The molecule has 0 aliphatic heterocycles. The highest BCUT2D eigenvalue weighted by atomic mass is 35.5. The lowest BCUT2D eigenvalue weighted by molar-refractivity contribution is 0.565. The van der Waals surface area contributed by atoms with Crippen LogP contribution in [0.3, 0.4) is 0 Å². The molecule has 0 radical (unpaired) electrons. The molecule has 0 aliphatic rings. The summed E-state index contributed by atoms with van der Waals surface area (Å²) in [4.78, 5) is 0. The molecule has 0 saturated heterocycles. The van der Waals surface area contributed by atoms with Crippen molar-refractivity contribution in [3.63, 3.8) is 0 Å². The second-order valence-electron chi connectivity index (χ2n) is 4.57. The molecule has 0 saturated carbocycles. The summed E-state index contributed by atoms with van der Waals surface area (Å²) in [6.07, 6.45) is 1.00. The van der Waals surface area contributed by atoms with Gasteiger partial charge in [0.15, 0.2) is 0 Å². The molecule has 0 heterocycles. The van der Waals surface area contributed by atoms with Crippen LogP contribution in [0.5, 0.6) is 0 Å². The maximum absolute atomic E-state index is 6.12. The van der Waals surface area contributed by atoms with Crippen molar-refractivity contribution < 1.29 is 0 Å². The molecular formula is C16H20ClN. The Hall–Kier alpha value is -1.31. The molecule has 2 aromatic rings. The van der Waals surface area contributed by atoms with E-state index in [0.717, 1.165) is 6.42 Å². The van der Waals surface area contributed by atoms with Gasteiger partial charge in [0.25, 0.3) is 0 Å². The molecule has 2 atom stereocenters. The fourth-order valence-electron chi connectivity index (χ4n) is 2.18. The highest BCUT2D eigenvalue weighted by Crippen LogP contribution is 2.23. The number of halogens is 1. The second kappa shape index (κ2) is 7.20. The zero-order valence-electron chi connectivity index (χ0n) is 10.6. The van der Waals surface area contributed by atoms with E-state index in [0.29, 0.717) is 5.92 Å². The zero-order chi connectivity index (χ0) is 12.1. The topological polar surface area (TPSA) is 26.0 Å². The molecule has 2 rings (SSSR count). The molecule has 2 aromatic carbocycles. The molecule has 0 fully saturated rings. The van der Waals surface area contributed by atoms with Crippen molar-refractivity contribution in [2.45, 2.75) is 25.3 Å². The predicted molar refractivity (Wildman–Crippen MR) is 80.2 cm³/mol. The first-order chi connectivity index (χ1) is 8.27. The van der Waals surface area contributed by atoms with Gasteiger partial charge < -0.3 is 5.73 Å². The van der Waals surface area contributed by atoms with Crippen molar-refractivity contribution in [3.8, 4) is 0 Å². The number of rotatable bonds is 4. The molecule has 2 unspecified atom stereocenters. The molecule has 0 spiro atoms. The van der Waals surface area contributed by atoms with Gasteiger partial charge in [-0.1, -0.05) is 60.7 Å². The quantitative estimate of drug-likeness (QED) is 0.891. The second-order valence-corrected chi connectivity index (χ2v) is 4.57. The predicted octanol–water partition coefficient (Wildman–Crippen LogP) is 3.78. The van der Waals surface area contributed by atoms with Gasteiger partial charge in [0.05, 0.1) is 0 Å². The molecule has 96 valence electrons. The molecule has 0 bridgehead atoms. The standard InChI is InChI=1S/C16H19N.ClH/c1-13(17)16(15-10-6-3-7-11-15)12-14-8-4-2-5-9-14;/h2-11,13,16H,12,17H2,1H3;1H. The maximum atomic E-state index is 6.12. The summed E-state index contributed by atoms with van der Waals surface area (Å²) in [5.74, 6) is 0.388. The van der Waals surface area contributed by atoms with E-state index in [-0.39, 0.29) is 18.4 Å². The highest BCUT2D eigenvalue weighted by molar-refractivity contribution is 5.85. The van der Waals surface area contributed by atoms with Crippen LogP contribution in [0.2, 0.25) is 0 Å². The fourth-order valence-corrected chi connectivity index (χ4v) is 2.18. The van der Waals surface area contributed by atoms with Crippen LogP contribution < -0.4 is 5.73 Å². The van der Waals surface area contributed by atoms with Crippen LogP contribution in [-0.4, -0.2) is 6.04 Å². The molecule has 1 nitrogen and oxygen atoms in total. The van der Waals surface area contributed by atoms with Crippen molar-refractivity contribution in [1.82, 2.24) is 0 Å². The van der Waals surface area contributed by atoms with Crippen LogP contribution in [0.15, 0.2) is 60.7 Å². The number of hydrogen-bond donors (Lipinski definition) is 1. The summed E-state index contributed by atoms with van der Waals surface area (Å²) in [6.45, 7) is 2.08. The number of nitrogens with two attached hydrogens (primary N) is 1. The first kappa shape index (κ1) is 14.7. The van der Waals surface area contributed by atoms with Gasteiger partial charge in [0.2, 0.25) is 0 Å². The van der Waals surface area contributed by atoms with Crippen molar-refractivity contribution >= 4 is 12.4 Å². The minimum atomic E-state index is 0. The van der Waals surface area contributed by atoms with E-state index in [9.17, 15) is 0 Å². The SMILES string of the molecule is CC(N)C(Cc1ccccc1)c1ccccc1.Cl. The van der Waals surface area contributed by atoms with Crippen LogP contribution >= 0.6 is 12.4 Å². The Morgan fingerprint density at radius 2 is 1.39 bits per heavy atom. The van der Waals surface area contributed by atoms with Gasteiger partial charge in [-0.3, -0.25) is 0 Å². The average molecular weight is 262 g/mol. The summed E-state index contributed by atoms with van der Waals surface area (Å²) in [5, 5.41) is 0. The molecule has 0 amide bonds. The van der Waals surface area contributed by atoms with Gasteiger partial charge in [0.1, 0.15) is 0 Å². The third kappa shape index (κ3) is 3.86. The smallest absolute Gasteiger partial charge is 0.00825 e. The lowest BCUT2D eigenvalue weighted by Crippen LogP contribution is -2.26. The monoisotopic (exact) mass is 261 g/mol. The van der Waals surface area contributed by atoms with E-state index in [1.807, 2.05) is 12.1 Å². The van der Waals surface area contributed by atoms with Gasteiger partial charge in [-0.25, -0.2) is 0 Å². The molecule has 2 heteroatoms. The van der Waals surface area contributed by atoms with Crippen LogP contribution in [0.1, 0.15) is 24.0 Å². The molecule has 0 aliphatic carbocycles. The normalized spacial score (nSPS) is 13.4. The average Bonchev–Trinajstić information content (AvgIpc) is 2.38. The van der Waals surface area contributed by atoms with Crippen LogP contribution in [-0.2, 0) is 6.42 Å². The Morgan fingerprint density at radius 1 is 0.889 bits per heavy atom. The van der Waals surface area contributed by atoms with Gasteiger partial charge in [-0.05, 0) is 24.5 Å². The number of benzene rings is 2. The number of hydrogen-bond acceptors (Lipinski definition) is 1. The summed E-state index contributed by atoms with van der Waals surface area (Å²) in [5.41, 5.74) is 8.79. The third-order valence-electron chi connectivity index (χ3n) is 3.16. The van der Waals surface area contributed by atoms with E-state index >= 15 is 0 Å². The zero-order valence-corrected chi connectivity index (χ0v) is 11.4. The summed E-state index contributed by atoms with van der Waals surface area (Å²) < 4.78 is 0. The van der Waals surface area contributed by atoms with Gasteiger partial charge in [0, 0.05) is 12.0 Å². The Balaban J connectivity index is 0.00000162. The molecular weight excluding hydrogens is 242 g/mol. The maximum Gasteiger partial charge on any atom is 0.00825 e. The van der Waals surface area contributed by atoms with Crippen LogP contribution in [0.4, 0.5) is 0 Å². The summed E-state index contributed by atoms with van der Waals surface area (Å²) >= 11 is 0. The molecule has 2 N–H and O–H groups in total. The van der Waals surface area contributed by atoms with Crippen molar-refractivity contribution in [2.75, 3.05) is 0 Å². The van der Waals surface area contributed by atoms with E-state index in [1.165, 1.54) is 11.1 Å². The van der Waals surface area contributed by atoms with Gasteiger partial charge in [-0.15, -0.1) is 12.4 Å². The lowest BCUT2D eigenvalue weighted by Gasteiger charge is -2.21. The van der Waals surface area contributed by atoms with Crippen LogP contribution in [0, 0.1) is 0 Å². The Bertz CT molecular complexity index is 439. The van der Waals surface area contributed by atoms with E-state index in [1.54, 1.807) is 0 Å². The van der Waals surface area contributed by atoms with Crippen molar-refractivity contribution in [3.05, 3.63) is 71.8 Å². The first-order valence-electron chi connectivity index (χ1n) is 6.12. The molecule has 18 heavy (non-hydrogen) atoms. The first-order valence-corrected chi connectivity index (χ1v) is 6.12.